The number of rotatable bonds is 4. The van der Waals surface area contributed by atoms with Gasteiger partial charge in [-0.3, -0.25) is 0 Å². The summed E-state index contributed by atoms with van der Waals surface area (Å²) < 4.78 is 10.8. The predicted octanol–water partition coefficient (Wildman–Crippen LogP) is 1.51. The van der Waals surface area contributed by atoms with Crippen molar-refractivity contribution >= 4 is 0 Å². The van der Waals surface area contributed by atoms with Gasteiger partial charge in [-0.1, -0.05) is 5.16 Å². The Morgan fingerprint density at radius 1 is 1.33 bits per heavy atom. The summed E-state index contributed by atoms with van der Waals surface area (Å²) in [5, 5.41) is 7.49. The van der Waals surface area contributed by atoms with E-state index in [1.54, 1.807) is 0 Å². The zero-order valence-electron chi connectivity index (χ0n) is 10.7. The van der Waals surface area contributed by atoms with Gasteiger partial charge in [-0.25, -0.2) is 0 Å². The molecule has 0 bridgehead atoms. The summed E-state index contributed by atoms with van der Waals surface area (Å²) in [5.74, 6) is 2.75. The minimum Gasteiger partial charge on any atom is -0.381 e. The first-order valence-corrected chi connectivity index (χ1v) is 7.03. The topological polar surface area (TPSA) is 60.2 Å². The van der Waals surface area contributed by atoms with Crippen LogP contribution < -0.4 is 5.32 Å². The van der Waals surface area contributed by atoms with Crippen LogP contribution in [0, 0.1) is 5.92 Å². The maximum absolute atomic E-state index is 5.46. The van der Waals surface area contributed by atoms with E-state index in [1.807, 2.05) is 0 Å². The molecule has 3 rings (SSSR count). The van der Waals surface area contributed by atoms with Crippen molar-refractivity contribution in [3.05, 3.63) is 11.7 Å². The molecule has 18 heavy (non-hydrogen) atoms. The molecule has 0 aromatic carbocycles. The maximum Gasteiger partial charge on any atom is 0.226 e. The van der Waals surface area contributed by atoms with Crippen LogP contribution in [0.2, 0.25) is 0 Å². The Labute approximate surface area is 107 Å². The SMILES string of the molecule is C1COCC(c2noc(CCC3CCNC3)n2)C1. The van der Waals surface area contributed by atoms with E-state index in [2.05, 4.69) is 15.5 Å². The standard InChI is InChI=1S/C13H21N3O2/c1-2-11(9-17-7-1)13-15-12(18-16-13)4-3-10-5-6-14-8-10/h10-11,14H,1-9H2. The van der Waals surface area contributed by atoms with E-state index in [4.69, 9.17) is 9.26 Å². The highest BCUT2D eigenvalue weighted by Crippen LogP contribution is 2.23. The molecule has 100 valence electrons. The van der Waals surface area contributed by atoms with Gasteiger partial charge in [-0.15, -0.1) is 0 Å². The summed E-state index contributed by atoms with van der Waals surface area (Å²) in [6, 6.07) is 0. The minimum absolute atomic E-state index is 0.337. The molecule has 0 aliphatic carbocycles. The van der Waals surface area contributed by atoms with Gasteiger partial charge in [-0.2, -0.15) is 4.98 Å². The van der Waals surface area contributed by atoms with Crippen LogP contribution in [0.4, 0.5) is 0 Å². The third kappa shape index (κ3) is 2.90. The number of aryl methyl sites for hydroxylation is 1. The third-order valence-corrected chi connectivity index (χ3v) is 3.94. The number of nitrogens with zero attached hydrogens (tertiary/aromatic N) is 2. The summed E-state index contributed by atoms with van der Waals surface area (Å²) in [6.45, 7) is 3.90. The van der Waals surface area contributed by atoms with Crippen LogP contribution in [0.15, 0.2) is 4.52 Å². The number of hydrogen-bond donors (Lipinski definition) is 1. The average Bonchev–Trinajstić information content (AvgIpc) is 3.09. The van der Waals surface area contributed by atoms with E-state index in [1.165, 1.54) is 6.42 Å². The molecule has 2 atom stereocenters. The molecule has 2 unspecified atom stereocenters. The van der Waals surface area contributed by atoms with E-state index in [9.17, 15) is 0 Å². The molecule has 2 aliphatic rings. The summed E-state index contributed by atoms with van der Waals surface area (Å²) in [6.07, 6.45) is 5.55. The molecule has 5 nitrogen and oxygen atoms in total. The van der Waals surface area contributed by atoms with E-state index in [0.717, 1.165) is 69.6 Å². The van der Waals surface area contributed by atoms with Gasteiger partial charge < -0.3 is 14.6 Å². The Balaban J connectivity index is 1.52. The van der Waals surface area contributed by atoms with Crippen molar-refractivity contribution in [2.24, 2.45) is 5.92 Å². The maximum atomic E-state index is 5.46. The molecular formula is C13H21N3O2. The summed E-state index contributed by atoms with van der Waals surface area (Å²) >= 11 is 0. The second-order valence-corrected chi connectivity index (χ2v) is 5.36. The molecule has 2 fully saturated rings. The summed E-state index contributed by atoms with van der Waals surface area (Å²) in [7, 11) is 0. The largest absolute Gasteiger partial charge is 0.381 e. The predicted molar refractivity (Wildman–Crippen MR) is 66.4 cm³/mol. The fourth-order valence-electron chi connectivity index (χ4n) is 2.77. The lowest BCUT2D eigenvalue weighted by atomic mass is 10.0. The third-order valence-electron chi connectivity index (χ3n) is 3.94. The second kappa shape index (κ2) is 5.80. The smallest absolute Gasteiger partial charge is 0.226 e. The lowest BCUT2D eigenvalue weighted by Gasteiger charge is -2.18. The first-order chi connectivity index (χ1) is 8.92. The summed E-state index contributed by atoms with van der Waals surface area (Å²) in [4.78, 5) is 4.52. The van der Waals surface area contributed by atoms with Gasteiger partial charge >= 0.3 is 0 Å². The molecule has 3 heterocycles. The number of aromatic nitrogens is 2. The van der Waals surface area contributed by atoms with Gasteiger partial charge in [0.05, 0.1) is 6.61 Å². The lowest BCUT2D eigenvalue weighted by molar-refractivity contribution is 0.0773. The number of ether oxygens (including phenoxy) is 1. The normalized spacial score (nSPS) is 28.7. The van der Waals surface area contributed by atoms with E-state index >= 15 is 0 Å². The van der Waals surface area contributed by atoms with Gasteiger partial charge in [0.1, 0.15) is 0 Å². The van der Waals surface area contributed by atoms with Crippen molar-refractivity contribution in [3.63, 3.8) is 0 Å². The Bertz CT molecular complexity index is 368. The fraction of sp³-hybridized carbons (Fsp3) is 0.846. The lowest BCUT2D eigenvalue weighted by Crippen LogP contribution is -2.16. The van der Waals surface area contributed by atoms with Crippen molar-refractivity contribution < 1.29 is 9.26 Å². The van der Waals surface area contributed by atoms with Crippen LogP contribution in [-0.4, -0.2) is 36.4 Å². The number of nitrogens with one attached hydrogen (secondary N) is 1. The molecule has 1 aromatic heterocycles. The second-order valence-electron chi connectivity index (χ2n) is 5.36. The van der Waals surface area contributed by atoms with Crippen LogP contribution in [0.5, 0.6) is 0 Å². The monoisotopic (exact) mass is 251 g/mol. The quantitative estimate of drug-likeness (QED) is 0.879. The van der Waals surface area contributed by atoms with Gasteiger partial charge in [-0.05, 0) is 44.7 Å². The Morgan fingerprint density at radius 3 is 3.11 bits per heavy atom. The molecular weight excluding hydrogens is 230 g/mol. The van der Waals surface area contributed by atoms with Crippen molar-refractivity contribution in [2.75, 3.05) is 26.3 Å². The molecule has 5 heteroatoms. The summed E-state index contributed by atoms with van der Waals surface area (Å²) in [5.41, 5.74) is 0. The highest BCUT2D eigenvalue weighted by molar-refractivity contribution is 4.97. The fourth-order valence-corrected chi connectivity index (χ4v) is 2.77. The van der Waals surface area contributed by atoms with Crippen LogP contribution in [0.3, 0.4) is 0 Å². The molecule has 0 radical (unpaired) electrons. The molecule has 0 spiro atoms. The average molecular weight is 251 g/mol. The van der Waals surface area contributed by atoms with Crippen molar-refractivity contribution in [1.82, 2.24) is 15.5 Å². The van der Waals surface area contributed by atoms with Gasteiger partial charge in [0.15, 0.2) is 5.82 Å². The van der Waals surface area contributed by atoms with Crippen molar-refractivity contribution in [1.29, 1.82) is 0 Å². The van der Waals surface area contributed by atoms with Gasteiger partial charge in [0.2, 0.25) is 5.89 Å². The Hall–Kier alpha value is -0.940. The first-order valence-electron chi connectivity index (χ1n) is 7.03. The van der Waals surface area contributed by atoms with Crippen LogP contribution in [-0.2, 0) is 11.2 Å². The van der Waals surface area contributed by atoms with E-state index < -0.39 is 0 Å². The zero-order chi connectivity index (χ0) is 12.2. The highest BCUT2D eigenvalue weighted by Gasteiger charge is 2.22. The highest BCUT2D eigenvalue weighted by atomic mass is 16.5. The first kappa shape index (κ1) is 12.1. The molecule has 0 amide bonds. The van der Waals surface area contributed by atoms with E-state index in [0.29, 0.717) is 5.92 Å². The van der Waals surface area contributed by atoms with Crippen LogP contribution in [0.1, 0.15) is 43.3 Å². The van der Waals surface area contributed by atoms with Crippen molar-refractivity contribution in [3.8, 4) is 0 Å². The molecule has 2 saturated heterocycles. The molecule has 2 aliphatic heterocycles. The zero-order valence-corrected chi connectivity index (χ0v) is 10.7. The Morgan fingerprint density at radius 2 is 2.33 bits per heavy atom. The minimum atomic E-state index is 0.337. The molecule has 1 aromatic rings. The van der Waals surface area contributed by atoms with Crippen LogP contribution in [0.25, 0.3) is 0 Å². The van der Waals surface area contributed by atoms with Crippen LogP contribution >= 0.6 is 0 Å². The van der Waals surface area contributed by atoms with Gasteiger partial charge in [0.25, 0.3) is 0 Å². The van der Waals surface area contributed by atoms with Gasteiger partial charge in [0, 0.05) is 18.9 Å². The molecule has 0 saturated carbocycles. The molecule has 1 N–H and O–H groups in total. The van der Waals surface area contributed by atoms with Crippen molar-refractivity contribution in [2.45, 2.75) is 38.0 Å². The number of hydrogen-bond acceptors (Lipinski definition) is 5. The Kier molecular flexibility index (Phi) is 3.90. The van der Waals surface area contributed by atoms with E-state index in [-0.39, 0.29) is 0 Å².